The van der Waals surface area contributed by atoms with E-state index in [0.717, 1.165) is 15.9 Å². The summed E-state index contributed by atoms with van der Waals surface area (Å²) in [6.45, 7) is 0.380. The van der Waals surface area contributed by atoms with Crippen LogP contribution in [0, 0.1) is 0 Å². The molecule has 4 nitrogen and oxygen atoms in total. The third kappa shape index (κ3) is 3.55. The summed E-state index contributed by atoms with van der Waals surface area (Å²) in [6, 6.07) is 14.9. The Hall–Kier alpha value is -2.01. The Morgan fingerprint density at radius 2 is 1.86 bits per heavy atom. The molecule has 1 amide bonds. The first-order chi connectivity index (χ1) is 10.2. The highest BCUT2D eigenvalue weighted by atomic mass is 79.9. The molecule has 2 aromatic rings. The first kappa shape index (κ1) is 13.9. The van der Waals surface area contributed by atoms with Crippen LogP contribution in [0.1, 0.15) is 6.42 Å². The van der Waals surface area contributed by atoms with Gasteiger partial charge in [0.2, 0.25) is 5.91 Å². The Morgan fingerprint density at radius 1 is 1.14 bits per heavy atom. The minimum atomic E-state index is -0.268. The number of para-hydroxylation sites is 2. The number of anilines is 1. The SMILES string of the molecule is O=C(CC1COc2ccccc2O1)Nc1ccc(Br)cc1. The number of hydrogen-bond donors (Lipinski definition) is 1. The van der Waals surface area contributed by atoms with Gasteiger partial charge in [-0.15, -0.1) is 0 Å². The summed E-state index contributed by atoms with van der Waals surface area (Å²) in [4.78, 5) is 12.0. The van der Waals surface area contributed by atoms with Crippen molar-refractivity contribution in [3.63, 3.8) is 0 Å². The fourth-order valence-electron chi connectivity index (χ4n) is 2.12. The number of ether oxygens (including phenoxy) is 2. The van der Waals surface area contributed by atoms with Crippen molar-refractivity contribution in [2.75, 3.05) is 11.9 Å². The summed E-state index contributed by atoms with van der Waals surface area (Å²) in [7, 11) is 0. The van der Waals surface area contributed by atoms with Gasteiger partial charge in [-0.05, 0) is 36.4 Å². The minimum absolute atomic E-state index is 0.0923. The lowest BCUT2D eigenvalue weighted by atomic mass is 10.2. The molecular formula is C16H14BrNO3. The van der Waals surface area contributed by atoms with Crippen LogP contribution >= 0.6 is 15.9 Å². The second kappa shape index (κ2) is 6.18. The first-order valence-corrected chi connectivity index (χ1v) is 7.44. The first-order valence-electron chi connectivity index (χ1n) is 6.64. The number of fused-ring (bicyclic) bond motifs is 1. The zero-order valence-corrected chi connectivity index (χ0v) is 12.8. The van der Waals surface area contributed by atoms with Gasteiger partial charge in [0.15, 0.2) is 11.5 Å². The molecule has 0 fully saturated rings. The van der Waals surface area contributed by atoms with Gasteiger partial charge in [-0.1, -0.05) is 28.1 Å². The van der Waals surface area contributed by atoms with Crippen LogP contribution in [0.15, 0.2) is 53.0 Å². The van der Waals surface area contributed by atoms with Crippen molar-refractivity contribution in [3.05, 3.63) is 53.0 Å². The van der Waals surface area contributed by atoms with Gasteiger partial charge in [-0.25, -0.2) is 0 Å². The standard InChI is InChI=1S/C16H14BrNO3/c17-11-5-7-12(8-6-11)18-16(19)9-13-10-20-14-3-1-2-4-15(14)21-13/h1-8,13H,9-10H2,(H,18,19). The highest BCUT2D eigenvalue weighted by Gasteiger charge is 2.23. The molecule has 0 radical (unpaired) electrons. The maximum atomic E-state index is 12.0. The van der Waals surface area contributed by atoms with E-state index in [9.17, 15) is 4.79 Å². The molecule has 5 heteroatoms. The molecule has 1 aliphatic rings. The molecule has 0 saturated heterocycles. The quantitative estimate of drug-likeness (QED) is 0.922. The summed E-state index contributed by atoms with van der Waals surface area (Å²) >= 11 is 3.36. The average Bonchev–Trinajstić information content (AvgIpc) is 2.49. The normalized spacial score (nSPS) is 16.3. The second-order valence-corrected chi connectivity index (χ2v) is 5.67. The molecule has 0 aromatic heterocycles. The van der Waals surface area contributed by atoms with Crippen LogP contribution in [0.5, 0.6) is 11.5 Å². The number of rotatable bonds is 3. The number of amides is 1. The van der Waals surface area contributed by atoms with Gasteiger partial charge in [0.05, 0.1) is 6.42 Å². The largest absolute Gasteiger partial charge is 0.486 e. The van der Waals surface area contributed by atoms with Gasteiger partial charge in [0.1, 0.15) is 12.7 Å². The Balaban J connectivity index is 1.57. The van der Waals surface area contributed by atoms with E-state index in [0.29, 0.717) is 12.4 Å². The van der Waals surface area contributed by atoms with E-state index >= 15 is 0 Å². The molecule has 0 spiro atoms. The van der Waals surface area contributed by atoms with Crippen molar-refractivity contribution in [2.24, 2.45) is 0 Å². The topological polar surface area (TPSA) is 47.6 Å². The van der Waals surface area contributed by atoms with Crippen molar-refractivity contribution in [2.45, 2.75) is 12.5 Å². The van der Waals surface area contributed by atoms with E-state index in [2.05, 4.69) is 21.2 Å². The Labute approximate surface area is 131 Å². The van der Waals surface area contributed by atoms with E-state index in [1.807, 2.05) is 48.5 Å². The molecule has 3 rings (SSSR count). The summed E-state index contributed by atoms with van der Waals surface area (Å²) in [6.07, 6.45) is -0.0138. The number of halogens is 1. The highest BCUT2D eigenvalue weighted by molar-refractivity contribution is 9.10. The zero-order valence-electron chi connectivity index (χ0n) is 11.2. The molecule has 0 bridgehead atoms. The lowest BCUT2D eigenvalue weighted by Crippen LogP contribution is -2.33. The number of hydrogen-bond acceptors (Lipinski definition) is 3. The Bertz CT molecular complexity index is 642. The molecule has 1 aliphatic heterocycles. The molecule has 0 aliphatic carbocycles. The van der Waals surface area contributed by atoms with E-state index in [-0.39, 0.29) is 18.4 Å². The minimum Gasteiger partial charge on any atom is -0.486 e. The van der Waals surface area contributed by atoms with Crippen molar-refractivity contribution in [1.29, 1.82) is 0 Å². The third-order valence-corrected chi connectivity index (χ3v) is 3.64. The third-order valence-electron chi connectivity index (χ3n) is 3.11. The van der Waals surface area contributed by atoms with E-state index in [1.54, 1.807) is 0 Å². The van der Waals surface area contributed by atoms with Crippen molar-refractivity contribution in [3.8, 4) is 11.5 Å². The monoisotopic (exact) mass is 347 g/mol. The predicted molar refractivity (Wildman–Crippen MR) is 83.7 cm³/mol. The van der Waals surface area contributed by atoms with Crippen LogP contribution < -0.4 is 14.8 Å². The summed E-state index contributed by atoms with van der Waals surface area (Å²) in [5, 5.41) is 2.85. The maximum Gasteiger partial charge on any atom is 0.228 e. The second-order valence-electron chi connectivity index (χ2n) is 4.76. The Kier molecular flexibility index (Phi) is 4.10. The molecule has 2 aromatic carbocycles. The highest BCUT2D eigenvalue weighted by Crippen LogP contribution is 2.31. The molecule has 1 N–H and O–H groups in total. The van der Waals surface area contributed by atoms with Crippen LogP contribution in [0.2, 0.25) is 0 Å². The molecule has 1 unspecified atom stereocenters. The fraction of sp³-hybridized carbons (Fsp3) is 0.188. The van der Waals surface area contributed by atoms with Crippen LogP contribution in [0.3, 0.4) is 0 Å². The summed E-state index contributed by atoms with van der Waals surface area (Å²) in [5.74, 6) is 1.32. The van der Waals surface area contributed by atoms with E-state index in [4.69, 9.17) is 9.47 Å². The van der Waals surface area contributed by atoms with Gasteiger partial charge in [-0.2, -0.15) is 0 Å². The van der Waals surface area contributed by atoms with Crippen molar-refractivity contribution in [1.82, 2.24) is 0 Å². The number of benzene rings is 2. The van der Waals surface area contributed by atoms with Gasteiger partial charge < -0.3 is 14.8 Å². The van der Waals surface area contributed by atoms with Crippen LogP contribution in [0.4, 0.5) is 5.69 Å². The van der Waals surface area contributed by atoms with E-state index < -0.39 is 0 Å². The lowest BCUT2D eigenvalue weighted by molar-refractivity contribution is -0.118. The molecule has 1 atom stereocenters. The van der Waals surface area contributed by atoms with Crippen molar-refractivity contribution < 1.29 is 14.3 Å². The molecule has 21 heavy (non-hydrogen) atoms. The van der Waals surface area contributed by atoms with E-state index in [1.165, 1.54) is 0 Å². The number of nitrogens with one attached hydrogen (secondary N) is 1. The fourth-order valence-corrected chi connectivity index (χ4v) is 2.38. The van der Waals surface area contributed by atoms with Gasteiger partial charge >= 0.3 is 0 Å². The number of carbonyl (C=O) groups excluding carboxylic acids is 1. The summed E-state index contributed by atoms with van der Waals surface area (Å²) < 4.78 is 12.3. The van der Waals surface area contributed by atoms with Crippen LogP contribution in [-0.4, -0.2) is 18.6 Å². The average molecular weight is 348 g/mol. The predicted octanol–water partition coefficient (Wildman–Crippen LogP) is 3.62. The summed E-state index contributed by atoms with van der Waals surface area (Å²) in [5.41, 5.74) is 0.764. The molecule has 108 valence electrons. The molecule has 1 heterocycles. The van der Waals surface area contributed by atoms with Gasteiger partial charge in [0, 0.05) is 10.2 Å². The zero-order chi connectivity index (χ0) is 14.7. The Morgan fingerprint density at radius 3 is 2.62 bits per heavy atom. The molecule has 0 saturated carbocycles. The molecular weight excluding hydrogens is 334 g/mol. The number of carbonyl (C=O) groups is 1. The smallest absolute Gasteiger partial charge is 0.228 e. The van der Waals surface area contributed by atoms with Crippen LogP contribution in [0.25, 0.3) is 0 Å². The van der Waals surface area contributed by atoms with Crippen molar-refractivity contribution >= 4 is 27.5 Å². The van der Waals surface area contributed by atoms with Gasteiger partial charge in [-0.3, -0.25) is 4.79 Å². The van der Waals surface area contributed by atoms with Gasteiger partial charge in [0.25, 0.3) is 0 Å². The maximum absolute atomic E-state index is 12.0. The lowest BCUT2D eigenvalue weighted by Gasteiger charge is -2.26. The van der Waals surface area contributed by atoms with Crippen LogP contribution in [-0.2, 0) is 4.79 Å².